The standard InChI is InChI=1S/C7H6ClNO2/c8-5-1-4(3-10)2-6(9)7(5)11/h1-3,11H,9H2. The van der Waals surface area contributed by atoms with Gasteiger partial charge in [0.15, 0.2) is 5.75 Å². The van der Waals surface area contributed by atoms with Gasteiger partial charge < -0.3 is 10.8 Å². The van der Waals surface area contributed by atoms with Gasteiger partial charge in [-0.15, -0.1) is 0 Å². The Labute approximate surface area is 68.4 Å². The number of carbonyl (C=O) groups is 1. The van der Waals surface area contributed by atoms with E-state index in [1.807, 2.05) is 0 Å². The van der Waals surface area contributed by atoms with Gasteiger partial charge in [-0.05, 0) is 12.1 Å². The number of benzene rings is 1. The summed E-state index contributed by atoms with van der Waals surface area (Å²) in [5.41, 5.74) is 5.77. The highest BCUT2D eigenvalue weighted by Gasteiger charge is 2.03. The first-order valence-electron chi connectivity index (χ1n) is 2.88. The Hall–Kier alpha value is -1.22. The first-order chi connectivity index (χ1) is 5.15. The summed E-state index contributed by atoms with van der Waals surface area (Å²) >= 11 is 5.51. The quantitative estimate of drug-likeness (QED) is 0.382. The molecule has 0 bridgehead atoms. The van der Waals surface area contributed by atoms with Gasteiger partial charge in [0.2, 0.25) is 0 Å². The SMILES string of the molecule is Nc1cc(C=O)cc(Cl)c1O. The lowest BCUT2D eigenvalue weighted by atomic mass is 10.2. The lowest BCUT2D eigenvalue weighted by Gasteiger charge is -2.00. The Kier molecular flexibility index (Phi) is 2.01. The minimum Gasteiger partial charge on any atom is -0.504 e. The number of halogens is 1. The molecular weight excluding hydrogens is 166 g/mol. The Balaban J connectivity index is 3.31. The van der Waals surface area contributed by atoms with Crippen LogP contribution in [0.1, 0.15) is 10.4 Å². The zero-order chi connectivity index (χ0) is 8.43. The van der Waals surface area contributed by atoms with E-state index in [1.165, 1.54) is 12.1 Å². The van der Waals surface area contributed by atoms with Gasteiger partial charge >= 0.3 is 0 Å². The Morgan fingerprint density at radius 1 is 1.55 bits per heavy atom. The summed E-state index contributed by atoms with van der Waals surface area (Å²) in [5, 5.41) is 9.14. The van der Waals surface area contributed by atoms with E-state index in [-0.39, 0.29) is 16.5 Å². The van der Waals surface area contributed by atoms with E-state index in [0.29, 0.717) is 11.8 Å². The molecule has 0 saturated heterocycles. The molecule has 58 valence electrons. The van der Waals surface area contributed by atoms with Crippen LogP contribution in [0.3, 0.4) is 0 Å². The molecule has 0 fully saturated rings. The maximum Gasteiger partial charge on any atom is 0.157 e. The highest BCUT2D eigenvalue weighted by Crippen LogP contribution is 2.30. The number of phenols is 1. The highest BCUT2D eigenvalue weighted by molar-refractivity contribution is 6.32. The summed E-state index contributed by atoms with van der Waals surface area (Å²) in [6.07, 6.45) is 0.613. The van der Waals surface area contributed by atoms with Gasteiger partial charge in [-0.3, -0.25) is 4.79 Å². The molecule has 0 atom stereocenters. The molecule has 1 rings (SSSR count). The first-order valence-corrected chi connectivity index (χ1v) is 3.26. The fourth-order valence-corrected chi connectivity index (χ4v) is 0.945. The van der Waals surface area contributed by atoms with Crippen LogP contribution >= 0.6 is 11.6 Å². The van der Waals surface area contributed by atoms with Crippen LogP contribution in [0.4, 0.5) is 5.69 Å². The summed E-state index contributed by atoms with van der Waals surface area (Å²) in [6.45, 7) is 0. The van der Waals surface area contributed by atoms with Crippen LogP contribution in [0.25, 0.3) is 0 Å². The number of nitrogens with two attached hydrogens (primary N) is 1. The summed E-state index contributed by atoms with van der Waals surface area (Å²) in [5.74, 6) is -0.183. The van der Waals surface area contributed by atoms with Gasteiger partial charge in [-0.1, -0.05) is 11.6 Å². The normalized spacial score (nSPS) is 9.55. The average molecular weight is 172 g/mol. The molecule has 0 spiro atoms. The predicted octanol–water partition coefficient (Wildman–Crippen LogP) is 1.44. The zero-order valence-corrected chi connectivity index (χ0v) is 6.30. The molecule has 3 N–H and O–H groups in total. The average Bonchev–Trinajstić information content (AvgIpc) is 1.99. The van der Waals surface area contributed by atoms with Crippen LogP contribution in [0.15, 0.2) is 12.1 Å². The van der Waals surface area contributed by atoms with Gasteiger partial charge in [-0.25, -0.2) is 0 Å². The Morgan fingerprint density at radius 3 is 2.64 bits per heavy atom. The van der Waals surface area contributed by atoms with E-state index in [4.69, 9.17) is 22.4 Å². The van der Waals surface area contributed by atoms with Crippen molar-refractivity contribution in [3.63, 3.8) is 0 Å². The van der Waals surface area contributed by atoms with Gasteiger partial charge in [0.1, 0.15) is 6.29 Å². The number of rotatable bonds is 1. The number of carbonyl (C=O) groups excluding carboxylic acids is 1. The number of hydrogen-bond acceptors (Lipinski definition) is 3. The molecule has 0 heterocycles. The monoisotopic (exact) mass is 171 g/mol. The van der Waals surface area contributed by atoms with Crippen molar-refractivity contribution in [3.8, 4) is 5.75 Å². The van der Waals surface area contributed by atoms with Crippen LogP contribution in [-0.2, 0) is 0 Å². The molecule has 1 aromatic rings. The molecule has 0 saturated carbocycles. The summed E-state index contributed by atoms with van der Waals surface area (Å²) < 4.78 is 0. The minimum absolute atomic E-state index is 0.0899. The first kappa shape index (κ1) is 7.88. The van der Waals surface area contributed by atoms with Crippen LogP contribution in [0.2, 0.25) is 5.02 Å². The molecule has 1 aromatic carbocycles. The van der Waals surface area contributed by atoms with E-state index in [0.717, 1.165) is 0 Å². The number of aromatic hydroxyl groups is 1. The van der Waals surface area contributed by atoms with Crippen molar-refractivity contribution in [1.82, 2.24) is 0 Å². The second-order valence-electron chi connectivity index (χ2n) is 2.06. The fraction of sp³-hybridized carbons (Fsp3) is 0. The Bertz CT molecular complexity index is 275. The minimum atomic E-state index is -0.183. The molecular formula is C7H6ClNO2. The fourth-order valence-electron chi connectivity index (χ4n) is 0.710. The Morgan fingerprint density at radius 2 is 2.18 bits per heavy atom. The lowest BCUT2D eigenvalue weighted by Crippen LogP contribution is -1.89. The zero-order valence-electron chi connectivity index (χ0n) is 5.54. The van der Waals surface area contributed by atoms with Gasteiger partial charge in [0.05, 0.1) is 10.7 Å². The van der Waals surface area contributed by atoms with Crippen molar-refractivity contribution >= 4 is 23.6 Å². The summed E-state index contributed by atoms with van der Waals surface area (Å²) in [6, 6.07) is 2.70. The summed E-state index contributed by atoms with van der Waals surface area (Å²) in [4.78, 5) is 10.2. The van der Waals surface area contributed by atoms with Gasteiger partial charge in [0, 0.05) is 5.56 Å². The number of hydrogen-bond donors (Lipinski definition) is 2. The van der Waals surface area contributed by atoms with Crippen LogP contribution in [0, 0.1) is 0 Å². The van der Waals surface area contributed by atoms with E-state index in [9.17, 15) is 4.79 Å². The maximum absolute atomic E-state index is 10.2. The molecule has 0 amide bonds. The van der Waals surface area contributed by atoms with E-state index in [1.54, 1.807) is 0 Å². The third-order valence-corrected chi connectivity index (χ3v) is 1.54. The van der Waals surface area contributed by atoms with E-state index < -0.39 is 0 Å². The number of aldehydes is 1. The lowest BCUT2D eigenvalue weighted by molar-refractivity contribution is 0.112. The van der Waals surface area contributed by atoms with Crippen molar-refractivity contribution in [2.75, 3.05) is 5.73 Å². The van der Waals surface area contributed by atoms with E-state index >= 15 is 0 Å². The topological polar surface area (TPSA) is 63.3 Å². The molecule has 0 radical (unpaired) electrons. The highest BCUT2D eigenvalue weighted by atomic mass is 35.5. The maximum atomic E-state index is 10.2. The van der Waals surface area contributed by atoms with Crippen molar-refractivity contribution in [1.29, 1.82) is 0 Å². The molecule has 4 heteroatoms. The number of phenolic OH excluding ortho intramolecular Hbond substituents is 1. The van der Waals surface area contributed by atoms with Gasteiger partial charge in [-0.2, -0.15) is 0 Å². The largest absolute Gasteiger partial charge is 0.504 e. The molecule has 0 aliphatic carbocycles. The van der Waals surface area contributed by atoms with Crippen LogP contribution < -0.4 is 5.73 Å². The molecule has 0 unspecified atom stereocenters. The van der Waals surface area contributed by atoms with Gasteiger partial charge in [0.25, 0.3) is 0 Å². The van der Waals surface area contributed by atoms with E-state index in [2.05, 4.69) is 0 Å². The van der Waals surface area contributed by atoms with Crippen molar-refractivity contribution in [3.05, 3.63) is 22.7 Å². The van der Waals surface area contributed by atoms with Crippen molar-refractivity contribution in [2.45, 2.75) is 0 Å². The second kappa shape index (κ2) is 2.80. The van der Waals surface area contributed by atoms with Crippen LogP contribution in [-0.4, -0.2) is 11.4 Å². The number of nitrogen functional groups attached to an aromatic ring is 1. The third kappa shape index (κ3) is 1.43. The molecule has 11 heavy (non-hydrogen) atoms. The summed E-state index contributed by atoms with van der Waals surface area (Å²) in [7, 11) is 0. The third-order valence-electron chi connectivity index (χ3n) is 1.25. The number of anilines is 1. The molecule has 3 nitrogen and oxygen atoms in total. The molecule has 0 aromatic heterocycles. The predicted molar refractivity (Wildman–Crippen MR) is 42.9 cm³/mol. The van der Waals surface area contributed by atoms with Crippen molar-refractivity contribution < 1.29 is 9.90 Å². The smallest absolute Gasteiger partial charge is 0.157 e. The van der Waals surface area contributed by atoms with Crippen molar-refractivity contribution in [2.24, 2.45) is 0 Å². The molecule has 0 aliphatic heterocycles. The van der Waals surface area contributed by atoms with Crippen LogP contribution in [0.5, 0.6) is 5.75 Å². The molecule has 0 aliphatic rings. The second-order valence-corrected chi connectivity index (χ2v) is 2.47.